The molecule has 0 unspecified atom stereocenters. The Morgan fingerprint density at radius 3 is 2.33 bits per heavy atom. The third-order valence-electron chi connectivity index (χ3n) is 4.11. The van der Waals surface area contributed by atoms with Gasteiger partial charge in [-0.05, 0) is 42.5 Å². The number of rotatable bonds is 7. The standard InChI is InChI=1S/C20H19ClN4O4S/c1-14(26)23-17-6-8-18(9-7-17)30(28,29)22-12-13-25-20(27)11-10-19(24-25)15-2-4-16(21)5-3-15/h2-11,22H,12-13H2,1H3,(H,23,26). The van der Waals surface area contributed by atoms with Crippen LogP contribution in [0, 0.1) is 0 Å². The molecule has 0 atom stereocenters. The summed E-state index contributed by atoms with van der Waals surface area (Å²) >= 11 is 5.89. The quantitative estimate of drug-likeness (QED) is 0.579. The maximum atomic E-state index is 12.4. The summed E-state index contributed by atoms with van der Waals surface area (Å²) in [4.78, 5) is 23.2. The van der Waals surface area contributed by atoms with Crippen molar-refractivity contribution in [1.82, 2.24) is 14.5 Å². The third kappa shape index (κ3) is 5.53. The molecule has 1 heterocycles. The van der Waals surface area contributed by atoms with Crippen molar-refractivity contribution in [3.8, 4) is 11.3 Å². The Kier molecular flexibility index (Phi) is 6.66. The summed E-state index contributed by atoms with van der Waals surface area (Å²) in [7, 11) is -3.78. The summed E-state index contributed by atoms with van der Waals surface area (Å²) in [5, 5.41) is 7.45. The molecule has 0 saturated carbocycles. The Morgan fingerprint density at radius 2 is 1.70 bits per heavy atom. The minimum absolute atomic E-state index is 0.0211. The predicted octanol–water partition coefficient (Wildman–Crippen LogP) is 2.50. The fourth-order valence-corrected chi connectivity index (χ4v) is 3.82. The van der Waals surface area contributed by atoms with Gasteiger partial charge in [0.1, 0.15) is 0 Å². The second-order valence-electron chi connectivity index (χ2n) is 6.39. The first kappa shape index (κ1) is 21.7. The van der Waals surface area contributed by atoms with Crippen LogP contribution in [0.3, 0.4) is 0 Å². The lowest BCUT2D eigenvalue weighted by molar-refractivity contribution is -0.114. The van der Waals surface area contributed by atoms with Gasteiger partial charge in [-0.25, -0.2) is 17.8 Å². The highest BCUT2D eigenvalue weighted by atomic mass is 35.5. The number of halogens is 1. The van der Waals surface area contributed by atoms with Crippen LogP contribution in [0.25, 0.3) is 11.3 Å². The van der Waals surface area contributed by atoms with E-state index in [9.17, 15) is 18.0 Å². The topological polar surface area (TPSA) is 110 Å². The van der Waals surface area contributed by atoms with E-state index >= 15 is 0 Å². The van der Waals surface area contributed by atoms with Gasteiger partial charge in [0.2, 0.25) is 15.9 Å². The van der Waals surface area contributed by atoms with Crippen molar-refractivity contribution in [2.24, 2.45) is 0 Å². The molecule has 0 bridgehead atoms. The Bertz CT molecular complexity index is 1210. The van der Waals surface area contributed by atoms with Gasteiger partial charge in [-0.3, -0.25) is 9.59 Å². The van der Waals surface area contributed by atoms with Crippen molar-refractivity contribution in [3.05, 3.63) is 76.0 Å². The SMILES string of the molecule is CC(=O)Nc1ccc(S(=O)(=O)NCCn2nc(-c3ccc(Cl)cc3)ccc2=O)cc1. The van der Waals surface area contributed by atoms with E-state index in [1.165, 1.54) is 41.9 Å². The number of nitrogens with one attached hydrogen (secondary N) is 2. The van der Waals surface area contributed by atoms with Crippen LogP contribution >= 0.6 is 11.6 Å². The molecule has 2 aromatic carbocycles. The Labute approximate surface area is 178 Å². The molecule has 1 amide bonds. The van der Waals surface area contributed by atoms with Gasteiger partial charge in [-0.1, -0.05) is 23.7 Å². The number of hydrogen-bond acceptors (Lipinski definition) is 5. The number of carbonyl (C=O) groups excluding carboxylic acids is 1. The lowest BCUT2D eigenvalue weighted by Crippen LogP contribution is -2.32. The molecule has 8 nitrogen and oxygen atoms in total. The van der Waals surface area contributed by atoms with Crippen molar-refractivity contribution in [2.45, 2.75) is 18.4 Å². The van der Waals surface area contributed by atoms with Crippen LogP contribution in [0.15, 0.2) is 70.4 Å². The number of benzene rings is 2. The number of hydrogen-bond donors (Lipinski definition) is 2. The fraction of sp³-hybridized carbons (Fsp3) is 0.150. The lowest BCUT2D eigenvalue weighted by atomic mass is 10.1. The smallest absolute Gasteiger partial charge is 0.266 e. The highest BCUT2D eigenvalue weighted by molar-refractivity contribution is 7.89. The van der Waals surface area contributed by atoms with Gasteiger partial charge < -0.3 is 5.32 Å². The monoisotopic (exact) mass is 446 g/mol. The number of nitrogens with zero attached hydrogens (tertiary/aromatic N) is 2. The van der Waals surface area contributed by atoms with E-state index in [2.05, 4.69) is 15.1 Å². The second-order valence-corrected chi connectivity index (χ2v) is 8.59. The average Bonchev–Trinajstić information content (AvgIpc) is 2.70. The van der Waals surface area contributed by atoms with Gasteiger partial charge in [-0.2, -0.15) is 5.10 Å². The molecule has 0 saturated heterocycles. The Morgan fingerprint density at radius 1 is 1.03 bits per heavy atom. The van der Waals surface area contributed by atoms with E-state index in [1.54, 1.807) is 30.3 Å². The van der Waals surface area contributed by atoms with Crippen LogP contribution in [-0.4, -0.2) is 30.7 Å². The second kappa shape index (κ2) is 9.21. The van der Waals surface area contributed by atoms with Gasteiger partial charge >= 0.3 is 0 Å². The van der Waals surface area contributed by atoms with Crippen LogP contribution in [0.2, 0.25) is 5.02 Å². The summed E-state index contributed by atoms with van der Waals surface area (Å²) < 4.78 is 28.5. The molecule has 0 spiro atoms. The summed E-state index contributed by atoms with van der Waals surface area (Å²) in [5.74, 6) is -0.248. The summed E-state index contributed by atoms with van der Waals surface area (Å²) in [6.45, 7) is 1.40. The highest BCUT2D eigenvalue weighted by Crippen LogP contribution is 2.18. The first-order valence-electron chi connectivity index (χ1n) is 8.96. The maximum Gasteiger partial charge on any atom is 0.266 e. The van der Waals surface area contributed by atoms with E-state index in [4.69, 9.17) is 11.6 Å². The van der Waals surface area contributed by atoms with E-state index in [-0.39, 0.29) is 29.5 Å². The van der Waals surface area contributed by atoms with Crippen molar-refractivity contribution in [3.63, 3.8) is 0 Å². The predicted molar refractivity (Wildman–Crippen MR) is 115 cm³/mol. The molecule has 3 aromatic rings. The molecule has 2 N–H and O–H groups in total. The van der Waals surface area contributed by atoms with Crippen molar-refractivity contribution in [1.29, 1.82) is 0 Å². The maximum absolute atomic E-state index is 12.4. The average molecular weight is 447 g/mol. The van der Waals surface area contributed by atoms with Gasteiger partial charge in [0.15, 0.2) is 0 Å². The molecule has 10 heteroatoms. The van der Waals surface area contributed by atoms with Crippen LogP contribution < -0.4 is 15.6 Å². The van der Waals surface area contributed by atoms with Crippen LogP contribution in [0.4, 0.5) is 5.69 Å². The van der Waals surface area contributed by atoms with Crippen molar-refractivity contribution >= 4 is 33.2 Å². The van der Waals surface area contributed by atoms with Gasteiger partial charge in [0.25, 0.3) is 5.56 Å². The highest BCUT2D eigenvalue weighted by Gasteiger charge is 2.14. The largest absolute Gasteiger partial charge is 0.326 e. The molecule has 1 aromatic heterocycles. The summed E-state index contributed by atoms with van der Waals surface area (Å²) in [6, 6.07) is 15.8. The number of carbonyl (C=O) groups is 1. The molecule has 156 valence electrons. The van der Waals surface area contributed by atoms with Crippen LogP contribution in [0.5, 0.6) is 0 Å². The third-order valence-corrected chi connectivity index (χ3v) is 5.84. The van der Waals surface area contributed by atoms with Gasteiger partial charge in [0, 0.05) is 35.8 Å². The zero-order valence-corrected chi connectivity index (χ0v) is 17.6. The van der Waals surface area contributed by atoms with Gasteiger partial charge in [0.05, 0.1) is 17.1 Å². The minimum atomic E-state index is -3.78. The van der Waals surface area contributed by atoms with Crippen molar-refractivity contribution < 1.29 is 13.2 Å². The fourth-order valence-electron chi connectivity index (χ4n) is 2.67. The minimum Gasteiger partial charge on any atom is -0.326 e. The zero-order valence-electron chi connectivity index (χ0n) is 16.0. The molecule has 0 aliphatic carbocycles. The molecule has 0 radical (unpaired) electrons. The zero-order chi connectivity index (χ0) is 21.7. The first-order chi connectivity index (χ1) is 14.2. The Balaban J connectivity index is 1.68. The van der Waals surface area contributed by atoms with E-state index in [0.29, 0.717) is 16.4 Å². The van der Waals surface area contributed by atoms with Gasteiger partial charge in [-0.15, -0.1) is 0 Å². The van der Waals surface area contributed by atoms with E-state index in [0.717, 1.165) is 5.56 Å². The summed E-state index contributed by atoms with van der Waals surface area (Å²) in [5.41, 5.74) is 1.51. The molecule has 0 aliphatic heterocycles. The van der Waals surface area contributed by atoms with E-state index < -0.39 is 10.0 Å². The molecular weight excluding hydrogens is 428 g/mol. The normalized spacial score (nSPS) is 11.3. The van der Waals surface area contributed by atoms with Crippen LogP contribution in [0.1, 0.15) is 6.92 Å². The molecule has 0 aliphatic rings. The molecule has 0 fully saturated rings. The van der Waals surface area contributed by atoms with Crippen molar-refractivity contribution in [2.75, 3.05) is 11.9 Å². The summed E-state index contributed by atoms with van der Waals surface area (Å²) in [6.07, 6.45) is 0. The molecule has 30 heavy (non-hydrogen) atoms. The molecule has 3 rings (SSSR count). The Hall–Kier alpha value is -3.01. The first-order valence-corrected chi connectivity index (χ1v) is 10.8. The number of aromatic nitrogens is 2. The van der Waals surface area contributed by atoms with E-state index in [1.807, 2.05) is 0 Å². The number of anilines is 1. The van der Waals surface area contributed by atoms with Crippen LogP contribution in [-0.2, 0) is 21.4 Å². The number of sulfonamides is 1. The lowest BCUT2D eigenvalue weighted by Gasteiger charge is -2.10. The number of amides is 1. The molecular formula is C20H19ClN4O4S.